The summed E-state index contributed by atoms with van der Waals surface area (Å²) in [5.74, 6) is -0.433. The Bertz CT molecular complexity index is 1010. The van der Waals surface area contributed by atoms with Crippen LogP contribution in [0.4, 0.5) is 0 Å². The van der Waals surface area contributed by atoms with Gasteiger partial charge in [-0.2, -0.15) is 0 Å². The van der Waals surface area contributed by atoms with Crippen molar-refractivity contribution in [1.82, 2.24) is 25.3 Å². The van der Waals surface area contributed by atoms with E-state index in [1.807, 2.05) is 40.7 Å². The Morgan fingerprint density at radius 1 is 0.857 bits per heavy atom. The minimum Gasteiger partial charge on any atom is -0.352 e. The second-order valence-corrected chi connectivity index (χ2v) is 14.5. The highest BCUT2D eigenvalue weighted by atomic mass is 16.2. The van der Waals surface area contributed by atoms with Gasteiger partial charge < -0.3 is 20.4 Å². The van der Waals surface area contributed by atoms with Crippen molar-refractivity contribution in [3.05, 3.63) is 11.6 Å². The largest absolute Gasteiger partial charge is 0.352 e. The van der Waals surface area contributed by atoms with Gasteiger partial charge in [0.1, 0.15) is 12.1 Å². The zero-order chi connectivity index (χ0) is 31.4. The lowest BCUT2D eigenvalue weighted by atomic mass is 9.84. The zero-order valence-corrected chi connectivity index (χ0v) is 27.7. The summed E-state index contributed by atoms with van der Waals surface area (Å²) in [5, 5.41) is 6.24. The van der Waals surface area contributed by atoms with E-state index < -0.39 is 17.5 Å². The first kappa shape index (κ1) is 34.1. The molecule has 238 valence electrons. The first-order valence-corrected chi connectivity index (χ1v) is 16.3. The summed E-state index contributed by atoms with van der Waals surface area (Å²) < 4.78 is 0. The molecule has 1 saturated carbocycles. The molecule has 3 aliphatic rings. The van der Waals surface area contributed by atoms with Gasteiger partial charge in [0, 0.05) is 31.2 Å². The zero-order valence-electron chi connectivity index (χ0n) is 27.7. The molecule has 3 rings (SSSR count). The molecular formula is C33H57N5O4. The quantitative estimate of drug-likeness (QED) is 0.378. The second kappa shape index (κ2) is 14.4. The summed E-state index contributed by atoms with van der Waals surface area (Å²) in [6, 6.07) is -1.26. The Kier molecular flexibility index (Phi) is 11.7. The van der Waals surface area contributed by atoms with Gasteiger partial charge in [-0.15, -0.1) is 0 Å². The van der Waals surface area contributed by atoms with Gasteiger partial charge in [-0.05, 0) is 83.6 Å². The first-order valence-electron chi connectivity index (χ1n) is 16.3. The van der Waals surface area contributed by atoms with Gasteiger partial charge in [0.15, 0.2) is 0 Å². The molecule has 0 spiro atoms. The van der Waals surface area contributed by atoms with Crippen LogP contribution in [0.1, 0.15) is 107 Å². The van der Waals surface area contributed by atoms with Crippen molar-refractivity contribution < 1.29 is 19.2 Å². The number of likely N-dealkylation sites (N-methyl/N-ethyl adjacent to an activating group) is 1. The molecule has 2 N–H and O–H groups in total. The standard InChI is InChI=1S/C33H57N5O4/c1-21(2)27(20-23(5)31(41)38-19-13-17-26(38)29(39)34-24-14-12-15-24)36(9)32(42)28(33(6,7)8)35-30(40)25-16-10-11-18-37(25)22(3)4/h20-22,24-28H,10-19H2,1-9H3,(H,34,39)(H,35,40)/b23-20+/t25?,26-,27+,28?/m0/s1. The van der Waals surface area contributed by atoms with Crippen molar-refractivity contribution >= 4 is 23.6 Å². The van der Waals surface area contributed by atoms with Gasteiger partial charge in [-0.25, -0.2) is 0 Å². The topological polar surface area (TPSA) is 102 Å². The normalized spacial score (nSPS) is 23.9. The van der Waals surface area contributed by atoms with E-state index in [1.54, 1.807) is 23.8 Å². The number of carbonyl (C=O) groups is 4. The van der Waals surface area contributed by atoms with Crippen LogP contribution in [0.25, 0.3) is 0 Å². The molecule has 42 heavy (non-hydrogen) atoms. The Balaban J connectivity index is 1.76. The van der Waals surface area contributed by atoms with Crippen LogP contribution in [-0.4, -0.2) is 94.7 Å². The number of rotatable bonds is 10. The third-order valence-electron chi connectivity index (χ3n) is 9.41. The highest BCUT2D eigenvalue weighted by Crippen LogP contribution is 2.27. The molecule has 0 bridgehead atoms. The summed E-state index contributed by atoms with van der Waals surface area (Å²) in [5.41, 5.74) is 0.0215. The van der Waals surface area contributed by atoms with Crippen LogP contribution in [0.15, 0.2) is 11.6 Å². The van der Waals surface area contributed by atoms with Crippen molar-refractivity contribution in [1.29, 1.82) is 0 Å². The number of nitrogens with zero attached hydrogens (tertiary/aromatic N) is 3. The number of likely N-dealkylation sites (tertiary alicyclic amines) is 2. The Morgan fingerprint density at radius 3 is 2.05 bits per heavy atom. The van der Waals surface area contributed by atoms with E-state index >= 15 is 0 Å². The van der Waals surface area contributed by atoms with Crippen LogP contribution in [0.5, 0.6) is 0 Å². The minimum atomic E-state index is -0.713. The maximum absolute atomic E-state index is 14.1. The maximum atomic E-state index is 14.1. The fraction of sp³-hybridized carbons (Fsp3) is 0.818. The second-order valence-electron chi connectivity index (χ2n) is 14.5. The lowest BCUT2D eigenvalue weighted by Crippen LogP contribution is -2.60. The number of nitrogens with one attached hydrogen (secondary N) is 2. The summed E-state index contributed by atoms with van der Waals surface area (Å²) in [6.45, 7) is 17.4. The number of hydrogen-bond acceptors (Lipinski definition) is 5. The molecule has 9 heteroatoms. The molecular weight excluding hydrogens is 530 g/mol. The van der Waals surface area contributed by atoms with Gasteiger partial charge in [0.25, 0.3) is 0 Å². The highest BCUT2D eigenvalue weighted by molar-refractivity contribution is 5.97. The monoisotopic (exact) mass is 587 g/mol. The van der Waals surface area contributed by atoms with E-state index in [4.69, 9.17) is 0 Å². The highest BCUT2D eigenvalue weighted by Gasteiger charge is 2.40. The van der Waals surface area contributed by atoms with Crippen LogP contribution < -0.4 is 10.6 Å². The van der Waals surface area contributed by atoms with E-state index in [-0.39, 0.29) is 53.7 Å². The minimum absolute atomic E-state index is 0.0316. The van der Waals surface area contributed by atoms with Crippen LogP contribution in [0.3, 0.4) is 0 Å². The first-order chi connectivity index (χ1) is 19.6. The molecule has 9 nitrogen and oxygen atoms in total. The summed E-state index contributed by atoms with van der Waals surface area (Å²) in [6.07, 6.45) is 9.37. The maximum Gasteiger partial charge on any atom is 0.249 e. The molecule has 0 aromatic carbocycles. The molecule has 0 aromatic heterocycles. The molecule has 4 atom stereocenters. The molecule has 2 unspecified atom stereocenters. The van der Waals surface area contributed by atoms with Crippen LogP contribution in [0, 0.1) is 11.3 Å². The lowest BCUT2D eigenvalue weighted by Gasteiger charge is -2.41. The summed E-state index contributed by atoms with van der Waals surface area (Å²) in [4.78, 5) is 59.8. The lowest BCUT2D eigenvalue weighted by molar-refractivity contribution is -0.142. The third-order valence-corrected chi connectivity index (χ3v) is 9.41. The summed E-state index contributed by atoms with van der Waals surface area (Å²) in [7, 11) is 1.76. The number of hydrogen-bond donors (Lipinski definition) is 2. The van der Waals surface area contributed by atoms with E-state index in [9.17, 15) is 19.2 Å². The Labute approximate surface area is 254 Å². The smallest absolute Gasteiger partial charge is 0.249 e. The van der Waals surface area contributed by atoms with E-state index in [2.05, 4.69) is 29.4 Å². The van der Waals surface area contributed by atoms with Crippen molar-refractivity contribution in [2.24, 2.45) is 11.3 Å². The van der Waals surface area contributed by atoms with E-state index in [1.165, 1.54) is 0 Å². The number of carbonyl (C=O) groups excluding carboxylic acids is 4. The fourth-order valence-electron chi connectivity index (χ4n) is 6.53. The van der Waals surface area contributed by atoms with Crippen molar-refractivity contribution in [3.63, 3.8) is 0 Å². The van der Waals surface area contributed by atoms with Crippen LogP contribution in [-0.2, 0) is 19.2 Å². The van der Waals surface area contributed by atoms with Gasteiger partial charge in [-0.1, -0.05) is 47.1 Å². The number of piperidine rings is 1. The molecule has 3 fully saturated rings. The molecule has 2 saturated heterocycles. The molecule has 0 radical (unpaired) electrons. The molecule has 4 amide bonds. The van der Waals surface area contributed by atoms with Crippen molar-refractivity contribution in [2.45, 2.75) is 143 Å². The van der Waals surface area contributed by atoms with Gasteiger partial charge in [0.05, 0.1) is 12.1 Å². The van der Waals surface area contributed by atoms with Crippen molar-refractivity contribution in [3.8, 4) is 0 Å². The Hall–Kier alpha value is -2.42. The average Bonchev–Trinajstić information content (AvgIpc) is 3.40. The van der Waals surface area contributed by atoms with E-state index in [0.29, 0.717) is 18.5 Å². The molecule has 1 aliphatic carbocycles. The van der Waals surface area contributed by atoms with Crippen molar-refractivity contribution in [2.75, 3.05) is 20.1 Å². The van der Waals surface area contributed by atoms with Gasteiger partial charge in [-0.3, -0.25) is 24.1 Å². The third kappa shape index (κ3) is 8.14. The molecule has 2 aliphatic heterocycles. The van der Waals surface area contributed by atoms with E-state index in [0.717, 1.165) is 51.5 Å². The molecule has 0 aromatic rings. The van der Waals surface area contributed by atoms with Gasteiger partial charge in [0.2, 0.25) is 23.6 Å². The number of amides is 4. The van der Waals surface area contributed by atoms with Gasteiger partial charge >= 0.3 is 0 Å². The Morgan fingerprint density at radius 2 is 1.50 bits per heavy atom. The average molecular weight is 588 g/mol. The predicted octanol–water partition coefficient (Wildman–Crippen LogP) is 3.87. The molecule has 2 heterocycles. The SMILES string of the molecule is C/C(=C\[C@H](C(C)C)N(C)C(=O)C(NC(=O)C1CCCCN1C(C)C)C(C)(C)C)C(=O)N1CCC[C@H]1C(=O)NC1CCC1. The van der Waals surface area contributed by atoms with Crippen LogP contribution >= 0.6 is 0 Å². The predicted molar refractivity (Wildman–Crippen MR) is 167 cm³/mol. The fourth-order valence-corrected chi connectivity index (χ4v) is 6.53. The summed E-state index contributed by atoms with van der Waals surface area (Å²) >= 11 is 0. The van der Waals surface area contributed by atoms with Crippen LogP contribution in [0.2, 0.25) is 0 Å².